The predicted octanol–water partition coefficient (Wildman–Crippen LogP) is 2.33. The minimum atomic E-state index is -0.937. The number of benzene rings is 1. The van der Waals surface area contributed by atoms with Gasteiger partial charge in [-0.25, -0.2) is 4.79 Å². The molecule has 0 saturated heterocycles. The minimum absolute atomic E-state index is 0.264. The molecule has 1 aromatic carbocycles. The van der Waals surface area contributed by atoms with Crippen LogP contribution in [0.1, 0.15) is 32.9 Å². The summed E-state index contributed by atoms with van der Waals surface area (Å²) in [5.41, 5.74) is 4.25. The fraction of sp³-hybridized carbons (Fsp3) is 0.333. The van der Waals surface area contributed by atoms with Gasteiger partial charge in [-0.3, -0.25) is 4.68 Å². The van der Waals surface area contributed by atoms with Crippen molar-refractivity contribution in [2.24, 2.45) is 7.05 Å². The molecule has 0 spiro atoms. The van der Waals surface area contributed by atoms with E-state index in [1.807, 2.05) is 25.6 Å². The highest BCUT2D eigenvalue weighted by Gasteiger charge is 2.14. The minimum Gasteiger partial charge on any atom is -0.496 e. The molecule has 1 aromatic heterocycles. The number of ether oxygens (including phenoxy) is 1. The van der Waals surface area contributed by atoms with Gasteiger partial charge in [0.2, 0.25) is 0 Å². The van der Waals surface area contributed by atoms with E-state index in [-0.39, 0.29) is 5.56 Å². The first-order valence-corrected chi connectivity index (χ1v) is 6.33. The number of aryl methyl sites for hydroxylation is 2. The molecule has 1 N–H and O–H groups in total. The molecule has 106 valence electrons. The average molecular weight is 274 g/mol. The number of carboxylic acid groups (broad SMARTS) is 1. The van der Waals surface area contributed by atoms with Crippen molar-refractivity contribution in [1.82, 2.24) is 9.78 Å². The molecule has 5 nitrogen and oxygen atoms in total. The van der Waals surface area contributed by atoms with E-state index in [9.17, 15) is 4.79 Å². The van der Waals surface area contributed by atoms with Crippen LogP contribution in [0.2, 0.25) is 0 Å². The lowest BCUT2D eigenvalue weighted by Gasteiger charge is -2.10. The van der Waals surface area contributed by atoms with Crippen molar-refractivity contribution in [2.75, 3.05) is 7.11 Å². The lowest BCUT2D eigenvalue weighted by molar-refractivity contribution is 0.0696. The maximum absolute atomic E-state index is 11.1. The van der Waals surface area contributed by atoms with Crippen molar-refractivity contribution in [3.63, 3.8) is 0 Å². The Kier molecular flexibility index (Phi) is 3.79. The van der Waals surface area contributed by atoms with Crippen LogP contribution in [-0.2, 0) is 13.5 Å². The summed E-state index contributed by atoms with van der Waals surface area (Å²) in [4.78, 5) is 11.1. The van der Waals surface area contributed by atoms with E-state index in [0.29, 0.717) is 12.2 Å². The third kappa shape index (κ3) is 2.52. The average Bonchev–Trinajstić information content (AvgIpc) is 2.65. The van der Waals surface area contributed by atoms with Crippen LogP contribution >= 0.6 is 0 Å². The van der Waals surface area contributed by atoms with Crippen molar-refractivity contribution in [2.45, 2.75) is 20.3 Å². The predicted molar refractivity (Wildman–Crippen MR) is 75.4 cm³/mol. The van der Waals surface area contributed by atoms with Gasteiger partial charge in [0.25, 0.3) is 0 Å². The zero-order chi connectivity index (χ0) is 14.9. The molecule has 1 heterocycles. The Morgan fingerprint density at radius 2 is 2.10 bits per heavy atom. The van der Waals surface area contributed by atoms with Crippen LogP contribution in [0.15, 0.2) is 18.2 Å². The van der Waals surface area contributed by atoms with Gasteiger partial charge in [0, 0.05) is 24.7 Å². The maximum atomic E-state index is 11.1. The van der Waals surface area contributed by atoms with Crippen molar-refractivity contribution in [1.29, 1.82) is 0 Å². The first kappa shape index (κ1) is 14.1. The van der Waals surface area contributed by atoms with Crippen molar-refractivity contribution >= 4 is 5.97 Å². The monoisotopic (exact) mass is 274 g/mol. The van der Waals surface area contributed by atoms with E-state index in [1.165, 1.54) is 0 Å². The Morgan fingerprint density at radius 1 is 1.40 bits per heavy atom. The number of hydrogen-bond donors (Lipinski definition) is 1. The van der Waals surface area contributed by atoms with Gasteiger partial charge in [0.05, 0.1) is 18.4 Å². The van der Waals surface area contributed by atoms with Gasteiger partial charge in [0.15, 0.2) is 0 Å². The smallest absolute Gasteiger partial charge is 0.335 e. The molecule has 0 aliphatic heterocycles. The number of rotatable bonds is 4. The fourth-order valence-corrected chi connectivity index (χ4v) is 2.31. The summed E-state index contributed by atoms with van der Waals surface area (Å²) in [5, 5.41) is 13.5. The number of aromatic nitrogens is 2. The highest BCUT2D eigenvalue weighted by atomic mass is 16.5. The van der Waals surface area contributed by atoms with Gasteiger partial charge in [-0.15, -0.1) is 0 Å². The van der Waals surface area contributed by atoms with E-state index in [1.54, 1.807) is 25.3 Å². The molecule has 2 aromatic rings. The number of hydrogen-bond acceptors (Lipinski definition) is 3. The van der Waals surface area contributed by atoms with E-state index in [4.69, 9.17) is 9.84 Å². The van der Waals surface area contributed by atoms with E-state index < -0.39 is 5.97 Å². The highest BCUT2D eigenvalue weighted by molar-refractivity contribution is 5.88. The van der Waals surface area contributed by atoms with Gasteiger partial charge >= 0.3 is 5.97 Å². The van der Waals surface area contributed by atoms with Gasteiger partial charge in [-0.1, -0.05) is 0 Å². The molecule has 0 aliphatic rings. The second kappa shape index (κ2) is 5.36. The first-order chi connectivity index (χ1) is 9.43. The lowest BCUT2D eigenvalue weighted by Crippen LogP contribution is -2.02. The largest absolute Gasteiger partial charge is 0.496 e. The Labute approximate surface area is 117 Å². The van der Waals surface area contributed by atoms with Gasteiger partial charge < -0.3 is 9.84 Å². The summed E-state index contributed by atoms with van der Waals surface area (Å²) in [6, 6.07) is 4.90. The van der Waals surface area contributed by atoms with E-state index >= 15 is 0 Å². The fourth-order valence-electron chi connectivity index (χ4n) is 2.31. The Bertz CT molecular complexity index is 659. The van der Waals surface area contributed by atoms with Gasteiger partial charge in [0.1, 0.15) is 5.75 Å². The third-order valence-electron chi connectivity index (χ3n) is 3.55. The molecule has 20 heavy (non-hydrogen) atoms. The van der Waals surface area contributed by atoms with Crippen LogP contribution in [-0.4, -0.2) is 28.0 Å². The SMILES string of the molecule is COc1ccc(C(=O)O)cc1Cc1c(C)nn(C)c1C. The third-order valence-corrected chi connectivity index (χ3v) is 3.55. The Hall–Kier alpha value is -2.30. The summed E-state index contributed by atoms with van der Waals surface area (Å²) in [5.74, 6) is -0.244. The Balaban J connectivity index is 2.46. The topological polar surface area (TPSA) is 64.3 Å². The summed E-state index contributed by atoms with van der Waals surface area (Å²) >= 11 is 0. The van der Waals surface area contributed by atoms with Crippen LogP contribution in [0, 0.1) is 13.8 Å². The summed E-state index contributed by atoms with van der Waals surface area (Å²) in [6.07, 6.45) is 0.607. The molecule has 0 fully saturated rings. The number of aromatic carboxylic acids is 1. The molecule has 0 unspecified atom stereocenters. The number of nitrogens with zero attached hydrogens (tertiary/aromatic N) is 2. The molecule has 0 atom stereocenters. The molecule has 0 saturated carbocycles. The van der Waals surface area contributed by atoms with Crippen molar-refractivity contribution < 1.29 is 14.6 Å². The van der Waals surface area contributed by atoms with Gasteiger partial charge in [-0.05, 0) is 37.6 Å². The lowest BCUT2D eigenvalue weighted by atomic mass is 10.0. The second-order valence-electron chi connectivity index (χ2n) is 4.78. The molecular formula is C15H18N2O3. The van der Waals surface area contributed by atoms with Crippen LogP contribution in [0.4, 0.5) is 0 Å². The molecule has 2 rings (SSSR count). The van der Waals surface area contributed by atoms with Crippen LogP contribution in [0.3, 0.4) is 0 Å². The van der Waals surface area contributed by atoms with Gasteiger partial charge in [-0.2, -0.15) is 5.10 Å². The van der Waals surface area contributed by atoms with Crippen molar-refractivity contribution in [3.8, 4) is 5.75 Å². The standard InChI is InChI=1S/C15H18N2O3/c1-9-13(10(2)17(3)16-9)8-12-7-11(15(18)19)5-6-14(12)20-4/h5-7H,8H2,1-4H3,(H,18,19). The Morgan fingerprint density at radius 3 is 2.60 bits per heavy atom. The molecular weight excluding hydrogens is 256 g/mol. The summed E-state index contributed by atoms with van der Waals surface area (Å²) in [6.45, 7) is 3.96. The number of carboxylic acids is 1. The van der Waals surface area contributed by atoms with Crippen LogP contribution in [0.25, 0.3) is 0 Å². The second-order valence-corrected chi connectivity index (χ2v) is 4.78. The molecule has 0 amide bonds. The van der Waals surface area contributed by atoms with Crippen LogP contribution < -0.4 is 4.74 Å². The zero-order valence-corrected chi connectivity index (χ0v) is 12.1. The van der Waals surface area contributed by atoms with E-state index in [2.05, 4.69) is 5.10 Å². The maximum Gasteiger partial charge on any atom is 0.335 e. The molecule has 0 radical (unpaired) electrons. The molecule has 0 aliphatic carbocycles. The molecule has 5 heteroatoms. The summed E-state index contributed by atoms with van der Waals surface area (Å²) < 4.78 is 7.15. The number of methoxy groups -OCH3 is 1. The van der Waals surface area contributed by atoms with E-state index in [0.717, 1.165) is 22.5 Å². The summed E-state index contributed by atoms with van der Waals surface area (Å²) in [7, 11) is 3.49. The highest BCUT2D eigenvalue weighted by Crippen LogP contribution is 2.25. The normalized spacial score (nSPS) is 10.6. The van der Waals surface area contributed by atoms with Crippen molar-refractivity contribution in [3.05, 3.63) is 46.3 Å². The zero-order valence-electron chi connectivity index (χ0n) is 12.1. The van der Waals surface area contributed by atoms with Crippen LogP contribution in [0.5, 0.6) is 5.75 Å². The number of carbonyl (C=O) groups is 1. The first-order valence-electron chi connectivity index (χ1n) is 6.33. The molecule has 0 bridgehead atoms. The quantitative estimate of drug-likeness (QED) is 0.929.